The molecule has 0 aromatic rings. The standard InChI is InChI=1S/C9H19N/c1-7(2)9-5-8(3)10(4)6-9/h7-9H,5-6H2,1-4H3/t8-,9?/m0/s1. The predicted octanol–water partition coefficient (Wildman–Crippen LogP) is 1.98. The van der Waals surface area contributed by atoms with Crippen molar-refractivity contribution in [2.45, 2.75) is 33.2 Å². The Morgan fingerprint density at radius 3 is 2.20 bits per heavy atom. The third-order valence-electron chi connectivity index (χ3n) is 2.86. The van der Waals surface area contributed by atoms with Gasteiger partial charge in [0.25, 0.3) is 0 Å². The van der Waals surface area contributed by atoms with E-state index in [0.29, 0.717) is 0 Å². The van der Waals surface area contributed by atoms with Gasteiger partial charge in [-0.15, -0.1) is 0 Å². The molecule has 1 saturated heterocycles. The Bertz CT molecular complexity index is 99.3. The molecular weight excluding hydrogens is 122 g/mol. The Balaban J connectivity index is 2.41. The summed E-state index contributed by atoms with van der Waals surface area (Å²) in [6, 6.07) is 0.812. The first-order valence-corrected chi connectivity index (χ1v) is 4.31. The summed E-state index contributed by atoms with van der Waals surface area (Å²) in [4.78, 5) is 2.46. The molecule has 0 aromatic carbocycles. The van der Waals surface area contributed by atoms with Crippen LogP contribution in [0, 0.1) is 11.8 Å². The molecule has 0 N–H and O–H groups in total. The van der Waals surface area contributed by atoms with Crippen molar-refractivity contribution in [2.24, 2.45) is 11.8 Å². The van der Waals surface area contributed by atoms with Crippen molar-refractivity contribution in [3.8, 4) is 0 Å². The van der Waals surface area contributed by atoms with E-state index in [0.717, 1.165) is 17.9 Å². The van der Waals surface area contributed by atoms with Crippen molar-refractivity contribution in [1.82, 2.24) is 4.90 Å². The van der Waals surface area contributed by atoms with Crippen LogP contribution < -0.4 is 0 Å². The highest BCUT2D eigenvalue weighted by Crippen LogP contribution is 2.26. The molecule has 0 bridgehead atoms. The van der Waals surface area contributed by atoms with Crippen molar-refractivity contribution in [2.75, 3.05) is 13.6 Å². The average Bonchev–Trinajstić information content (AvgIpc) is 2.13. The highest BCUT2D eigenvalue weighted by Gasteiger charge is 2.27. The number of nitrogens with zero attached hydrogens (tertiary/aromatic N) is 1. The minimum Gasteiger partial charge on any atom is -0.303 e. The lowest BCUT2D eigenvalue weighted by atomic mass is 9.94. The molecule has 0 amide bonds. The Kier molecular flexibility index (Phi) is 2.35. The summed E-state index contributed by atoms with van der Waals surface area (Å²) in [6.07, 6.45) is 1.40. The van der Waals surface area contributed by atoms with Gasteiger partial charge >= 0.3 is 0 Å². The van der Waals surface area contributed by atoms with Crippen LogP contribution in [-0.4, -0.2) is 24.5 Å². The lowest BCUT2D eigenvalue weighted by Gasteiger charge is -2.13. The Hall–Kier alpha value is -0.0400. The van der Waals surface area contributed by atoms with Gasteiger partial charge in [-0.25, -0.2) is 0 Å². The van der Waals surface area contributed by atoms with Gasteiger partial charge in [0.15, 0.2) is 0 Å². The molecule has 0 aromatic heterocycles. The van der Waals surface area contributed by atoms with Gasteiger partial charge in [-0.2, -0.15) is 0 Å². The van der Waals surface area contributed by atoms with Crippen LogP contribution in [0.1, 0.15) is 27.2 Å². The molecule has 2 atom stereocenters. The molecule has 1 rings (SSSR count). The SMILES string of the molecule is CC(C)C1C[C@H](C)N(C)C1. The van der Waals surface area contributed by atoms with Crippen LogP contribution in [0.15, 0.2) is 0 Å². The van der Waals surface area contributed by atoms with Crippen molar-refractivity contribution < 1.29 is 0 Å². The fourth-order valence-corrected chi connectivity index (χ4v) is 1.73. The van der Waals surface area contributed by atoms with Crippen LogP contribution in [-0.2, 0) is 0 Å². The smallest absolute Gasteiger partial charge is 0.00672 e. The van der Waals surface area contributed by atoms with Gasteiger partial charge in [-0.05, 0) is 32.2 Å². The highest BCUT2D eigenvalue weighted by atomic mass is 15.1. The zero-order valence-corrected chi connectivity index (χ0v) is 7.59. The normalized spacial score (nSPS) is 35.7. The second-order valence-corrected chi connectivity index (χ2v) is 4.03. The van der Waals surface area contributed by atoms with E-state index in [1.807, 2.05) is 0 Å². The zero-order valence-electron chi connectivity index (χ0n) is 7.59. The van der Waals surface area contributed by atoms with Crippen LogP contribution in [0.25, 0.3) is 0 Å². The topological polar surface area (TPSA) is 3.24 Å². The summed E-state index contributed by atoms with van der Waals surface area (Å²) in [5, 5.41) is 0. The lowest BCUT2D eigenvalue weighted by molar-refractivity contribution is 0.315. The molecule has 1 heterocycles. The van der Waals surface area contributed by atoms with Crippen LogP contribution in [0.4, 0.5) is 0 Å². The summed E-state index contributed by atoms with van der Waals surface area (Å²) in [5.74, 6) is 1.81. The third-order valence-corrected chi connectivity index (χ3v) is 2.86. The number of rotatable bonds is 1. The largest absolute Gasteiger partial charge is 0.303 e. The van der Waals surface area contributed by atoms with E-state index >= 15 is 0 Å². The van der Waals surface area contributed by atoms with Gasteiger partial charge in [0.1, 0.15) is 0 Å². The number of likely N-dealkylation sites (tertiary alicyclic amines) is 1. The van der Waals surface area contributed by atoms with Gasteiger partial charge in [-0.3, -0.25) is 0 Å². The van der Waals surface area contributed by atoms with E-state index in [-0.39, 0.29) is 0 Å². The lowest BCUT2D eigenvalue weighted by Crippen LogP contribution is -2.21. The van der Waals surface area contributed by atoms with Crippen LogP contribution in [0.5, 0.6) is 0 Å². The Labute approximate surface area is 64.4 Å². The van der Waals surface area contributed by atoms with Gasteiger partial charge in [0, 0.05) is 12.6 Å². The molecule has 1 unspecified atom stereocenters. The third kappa shape index (κ3) is 1.51. The molecule has 0 radical (unpaired) electrons. The van der Waals surface area contributed by atoms with Crippen molar-refractivity contribution in [3.63, 3.8) is 0 Å². The molecule has 1 nitrogen and oxygen atoms in total. The molecule has 0 spiro atoms. The maximum atomic E-state index is 2.46. The van der Waals surface area contributed by atoms with Crippen molar-refractivity contribution >= 4 is 0 Å². The van der Waals surface area contributed by atoms with E-state index in [4.69, 9.17) is 0 Å². The second kappa shape index (κ2) is 2.91. The minimum atomic E-state index is 0.812. The van der Waals surface area contributed by atoms with E-state index < -0.39 is 0 Å². The number of hydrogen-bond donors (Lipinski definition) is 0. The van der Waals surface area contributed by atoms with Crippen LogP contribution in [0.3, 0.4) is 0 Å². The molecule has 10 heavy (non-hydrogen) atoms. The first-order chi connectivity index (χ1) is 4.61. The summed E-state index contributed by atoms with van der Waals surface area (Å²) in [6.45, 7) is 8.29. The van der Waals surface area contributed by atoms with Gasteiger partial charge in [0.2, 0.25) is 0 Å². The quantitative estimate of drug-likeness (QED) is 0.539. The van der Waals surface area contributed by atoms with Crippen molar-refractivity contribution in [1.29, 1.82) is 0 Å². The van der Waals surface area contributed by atoms with Gasteiger partial charge in [0.05, 0.1) is 0 Å². The fraction of sp³-hybridized carbons (Fsp3) is 1.00. The first kappa shape index (κ1) is 8.06. The minimum absolute atomic E-state index is 0.812. The molecule has 60 valence electrons. The maximum Gasteiger partial charge on any atom is 0.00672 e. The first-order valence-electron chi connectivity index (χ1n) is 4.31. The average molecular weight is 141 g/mol. The maximum absolute atomic E-state index is 2.46. The van der Waals surface area contributed by atoms with Gasteiger partial charge < -0.3 is 4.90 Å². The molecule has 1 fully saturated rings. The molecular formula is C9H19N. The summed E-state index contributed by atoms with van der Waals surface area (Å²) >= 11 is 0. The Morgan fingerprint density at radius 2 is 2.00 bits per heavy atom. The summed E-state index contributed by atoms with van der Waals surface area (Å²) < 4.78 is 0. The van der Waals surface area contributed by atoms with Crippen LogP contribution >= 0.6 is 0 Å². The van der Waals surface area contributed by atoms with E-state index in [9.17, 15) is 0 Å². The molecule has 0 saturated carbocycles. The highest BCUT2D eigenvalue weighted by molar-refractivity contribution is 4.81. The van der Waals surface area contributed by atoms with E-state index in [1.54, 1.807) is 0 Å². The van der Waals surface area contributed by atoms with Crippen LogP contribution in [0.2, 0.25) is 0 Å². The molecule has 0 aliphatic carbocycles. The van der Waals surface area contributed by atoms with Gasteiger partial charge in [-0.1, -0.05) is 13.8 Å². The summed E-state index contributed by atoms with van der Waals surface area (Å²) in [5.41, 5.74) is 0. The predicted molar refractivity (Wildman–Crippen MR) is 45.0 cm³/mol. The zero-order chi connectivity index (χ0) is 7.72. The number of hydrogen-bond acceptors (Lipinski definition) is 1. The second-order valence-electron chi connectivity index (χ2n) is 4.03. The van der Waals surface area contributed by atoms with E-state index in [2.05, 4.69) is 32.7 Å². The van der Waals surface area contributed by atoms with E-state index in [1.165, 1.54) is 13.0 Å². The van der Waals surface area contributed by atoms with Crippen molar-refractivity contribution in [3.05, 3.63) is 0 Å². The molecule has 1 aliphatic heterocycles. The summed E-state index contributed by atoms with van der Waals surface area (Å²) in [7, 11) is 2.23. The molecule has 1 heteroatoms. The molecule has 1 aliphatic rings. The Morgan fingerprint density at radius 1 is 1.40 bits per heavy atom. The monoisotopic (exact) mass is 141 g/mol. The fourth-order valence-electron chi connectivity index (χ4n) is 1.73.